The number of benzene rings is 1. The summed E-state index contributed by atoms with van der Waals surface area (Å²) in [5, 5.41) is 0.391. The van der Waals surface area contributed by atoms with E-state index in [0.29, 0.717) is 17.5 Å². The van der Waals surface area contributed by atoms with Gasteiger partial charge in [-0.05, 0) is 23.6 Å². The summed E-state index contributed by atoms with van der Waals surface area (Å²) >= 11 is 3.15. The molecule has 18 heavy (non-hydrogen) atoms. The predicted octanol–water partition coefficient (Wildman–Crippen LogP) is 5.03. The Balaban J connectivity index is 2.96. The molecule has 0 saturated carbocycles. The fourth-order valence-corrected chi connectivity index (χ4v) is 1.71. The van der Waals surface area contributed by atoms with Crippen molar-refractivity contribution in [1.29, 1.82) is 0 Å². The van der Waals surface area contributed by atoms with E-state index in [1.807, 2.05) is 13.8 Å². The third kappa shape index (κ3) is 4.19. The van der Waals surface area contributed by atoms with Gasteiger partial charge in [-0.3, -0.25) is 0 Å². The van der Waals surface area contributed by atoms with Gasteiger partial charge in [0.15, 0.2) is 0 Å². The molecule has 0 aliphatic heterocycles. The highest BCUT2D eigenvalue weighted by atomic mass is 79.9. The van der Waals surface area contributed by atoms with Gasteiger partial charge < -0.3 is 4.74 Å². The van der Waals surface area contributed by atoms with Crippen molar-refractivity contribution < 1.29 is 17.9 Å². The first-order valence-electron chi connectivity index (χ1n) is 5.77. The van der Waals surface area contributed by atoms with Gasteiger partial charge in [-0.1, -0.05) is 42.3 Å². The van der Waals surface area contributed by atoms with Crippen molar-refractivity contribution in [3.05, 3.63) is 29.3 Å². The van der Waals surface area contributed by atoms with E-state index >= 15 is 0 Å². The van der Waals surface area contributed by atoms with Crippen molar-refractivity contribution in [2.75, 3.05) is 6.61 Å². The van der Waals surface area contributed by atoms with Crippen molar-refractivity contribution in [2.45, 2.75) is 31.8 Å². The quantitative estimate of drug-likeness (QED) is 0.690. The predicted molar refractivity (Wildman–Crippen MR) is 69.0 cm³/mol. The Morgan fingerprint density at radius 3 is 2.50 bits per heavy atom. The first-order valence-corrected chi connectivity index (χ1v) is 6.89. The summed E-state index contributed by atoms with van der Waals surface area (Å²) in [6.07, 6.45) is -3.51. The molecule has 0 saturated heterocycles. The summed E-state index contributed by atoms with van der Waals surface area (Å²) in [6, 6.07) is 4.15. The van der Waals surface area contributed by atoms with E-state index in [2.05, 4.69) is 15.9 Å². The third-order valence-corrected chi connectivity index (χ3v) is 3.37. The molecule has 102 valence electrons. The topological polar surface area (TPSA) is 9.23 Å². The van der Waals surface area contributed by atoms with E-state index in [1.165, 1.54) is 6.07 Å². The maximum Gasteiger partial charge on any atom is 0.419 e. The zero-order chi connectivity index (χ0) is 13.8. The zero-order valence-electron chi connectivity index (χ0n) is 10.4. The minimum absolute atomic E-state index is 0.0903. The van der Waals surface area contributed by atoms with Crippen LogP contribution >= 0.6 is 15.9 Å². The summed E-state index contributed by atoms with van der Waals surface area (Å²) in [5.74, 6) is 0.148. The minimum atomic E-state index is -4.39. The Labute approximate surface area is 113 Å². The molecule has 1 rings (SSSR count). The number of hydrogen-bond donors (Lipinski definition) is 0. The van der Waals surface area contributed by atoms with Crippen LogP contribution in [0.5, 0.6) is 5.75 Å². The van der Waals surface area contributed by atoms with E-state index in [4.69, 9.17) is 4.74 Å². The first-order chi connectivity index (χ1) is 8.38. The second-order valence-electron chi connectivity index (χ2n) is 4.29. The molecule has 1 atom stereocenters. The van der Waals surface area contributed by atoms with Crippen LogP contribution in [0.2, 0.25) is 0 Å². The van der Waals surface area contributed by atoms with E-state index < -0.39 is 11.7 Å². The molecule has 0 aromatic heterocycles. The minimum Gasteiger partial charge on any atom is -0.493 e. The molecule has 0 heterocycles. The Hall–Kier alpha value is -0.710. The molecule has 0 spiro atoms. The molecule has 0 fully saturated rings. The van der Waals surface area contributed by atoms with E-state index in [9.17, 15) is 13.2 Å². The molecule has 1 aromatic rings. The van der Waals surface area contributed by atoms with Crippen LogP contribution in [0.4, 0.5) is 13.2 Å². The molecule has 0 amide bonds. The highest BCUT2D eigenvalue weighted by molar-refractivity contribution is 9.08. The fraction of sp³-hybridized carbons (Fsp3) is 0.538. The smallest absolute Gasteiger partial charge is 0.419 e. The van der Waals surface area contributed by atoms with Crippen molar-refractivity contribution in [3.8, 4) is 5.75 Å². The molecule has 0 N–H and O–H groups in total. The highest BCUT2D eigenvalue weighted by Crippen LogP contribution is 2.37. The molecular weight excluding hydrogens is 309 g/mol. The fourth-order valence-electron chi connectivity index (χ4n) is 1.36. The van der Waals surface area contributed by atoms with Gasteiger partial charge in [0, 0.05) is 5.33 Å². The zero-order valence-corrected chi connectivity index (χ0v) is 11.9. The molecule has 0 bridgehead atoms. The lowest BCUT2D eigenvalue weighted by Crippen LogP contribution is -2.13. The van der Waals surface area contributed by atoms with Gasteiger partial charge in [-0.25, -0.2) is 0 Å². The van der Waals surface area contributed by atoms with Gasteiger partial charge >= 0.3 is 6.18 Å². The van der Waals surface area contributed by atoms with E-state index in [1.54, 1.807) is 6.07 Å². The largest absolute Gasteiger partial charge is 0.493 e. The summed E-state index contributed by atoms with van der Waals surface area (Å²) in [4.78, 5) is 0. The van der Waals surface area contributed by atoms with Gasteiger partial charge in [0.2, 0.25) is 0 Å². The molecule has 0 aliphatic carbocycles. The molecule has 0 radical (unpaired) electrons. The molecule has 0 aliphatic rings. The van der Waals surface area contributed by atoms with Gasteiger partial charge in [0.05, 0.1) is 12.2 Å². The van der Waals surface area contributed by atoms with Crippen LogP contribution in [0.25, 0.3) is 0 Å². The lowest BCUT2D eigenvalue weighted by molar-refractivity contribution is -0.139. The lowest BCUT2D eigenvalue weighted by atomic mass is 10.1. The van der Waals surface area contributed by atoms with Crippen LogP contribution in [-0.4, -0.2) is 6.61 Å². The van der Waals surface area contributed by atoms with Gasteiger partial charge in [-0.2, -0.15) is 13.2 Å². The van der Waals surface area contributed by atoms with Crippen molar-refractivity contribution >= 4 is 15.9 Å². The van der Waals surface area contributed by atoms with Gasteiger partial charge in [-0.15, -0.1) is 0 Å². The maximum absolute atomic E-state index is 12.9. The molecule has 1 nitrogen and oxygen atoms in total. The monoisotopic (exact) mass is 324 g/mol. The second kappa shape index (κ2) is 6.45. The number of hydrogen-bond acceptors (Lipinski definition) is 1. The highest BCUT2D eigenvalue weighted by Gasteiger charge is 2.34. The summed E-state index contributed by atoms with van der Waals surface area (Å²) < 4.78 is 43.9. The average Bonchev–Trinajstić information content (AvgIpc) is 2.34. The Kier molecular flexibility index (Phi) is 5.50. The SMILES string of the molecule is CCC(C)COc1ccc(CBr)cc1C(F)(F)F. The van der Waals surface area contributed by atoms with Gasteiger partial charge in [0.1, 0.15) is 5.75 Å². The van der Waals surface area contributed by atoms with Crippen molar-refractivity contribution in [3.63, 3.8) is 0 Å². The van der Waals surface area contributed by atoms with Crippen LogP contribution in [0.15, 0.2) is 18.2 Å². The van der Waals surface area contributed by atoms with Crippen LogP contribution in [-0.2, 0) is 11.5 Å². The maximum atomic E-state index is 12.9. The Bertz CT molecular complexity index is 390. The molecule has 1 aromatic carbocycles. The number of halogens is 4. The molecular formula is C13H16BrF3O. The summed E-state index contributed by atoms with van der Waals surface area (Å²) in [6.45, 7) is 4.22. The van der Waals surface area contributed by atoms with Gasteiger partial charge in [0.25, 0.3) is 0 Å². The Morgan fingerprint density at radius 2 is 2.00 bits per heavy atom. The number of ether oxygens (including phenoxy) is 1. The second-order valence-corrected chi connectivity index (χ2v) is 4.85. The van der Waals surface area contributed by atoms with E-state index in [0.717, 1.165) is 12.5 Å². The third-order valence-electron chi connectivity index (χ3n) is 2.72. The van der Waals surface area contributed by atoms with Crippen LogP contribution in [0, 0.1) is 5.92 Å². The van der Waals surface area contributed by atoms with E-state index in [-0.39, 0.29) is 11.7 Å². The van der Waals surface area contributed by atoms with Crippen LogP contribution < -0.4 is 4.74 Å². The van der Waals surface area contributed by atoms with Crippen molar-refractivity contribution in [2.24, 2.45) is 5.92 Å². The van der Waals surface area contributed by atoms with Crippen LogP contribution in [0.3, 0.4) is 0 Å². The average molecular weight is 325 g/mol. The molecule has 1 unspecified atom stereocenters. The normalized spacial score (nSPS) is 13.4. The standard InChI is InChI=1S/C13H16BrF3O/c1-3-9(2)8-18-12-5-4-10(7-14)6-11(12)13(15,16)17/h4-6,9H,3,7-8H2,1-2H3. The summed E-state index contributed by atoms with van der Waals surface area (Å²) in [7, 11) is 0. The van der Waals surface area contributed by atoms with Crippen LogP contribution in [0.1, 0.15) is 31.4 Å². The van der Waals surface area contributed by atoms with Crippen molar-refractivity contribution in [1.82, 2.24) is 0 Å². The number of rotatable bonds is 5. The molecule has 5 heteroatoms. The Morgan fingerprint density at radius 1 is 1.33 bits per heavy atom. The first kappa shape index (κ1) is 15.3. The summed E-state index contributed by atoms with van der Waals surface area (Å²) in [5.41, 5.74) is -0.124. The lowest BCUT2D eigenvalue weighted by Gasteiger charge is -2.17. The number of alkyl halides is 4.